The maximum Gasteiger partial charge on any atom is 0.306 e. The average Bonchev–Trinajstić information content (AvgIpc) is 3.21. The summed E-state index contributed by atoms with van der Waals surface area (Å²) in [5.74, 6) is -0.921. The van der Waals surface area contributed by atoms with E-state index in [1.807, 2.05) is 0 Å². The molecule has 0 fully saturated rings. The first kappa shape index (κ1) is 54.4. The van der Waals surface area contributed by atoms with E-state index in [2.05, 4.69) is 69.4 Å². The van der Waals surface area contributed by atoms with E-state index in [1.54, 1.807) is 0 Å². The van der Waals surface area contributed by atoms with Gasteiger partial charge in [-0.3, -0.25) is 14.4 Å². The van der Waals surface area contributed by atoms with Gasteiger partial charge in [-0.2, -0.15) is 0 Å². The molecule has 0 amide bonds. The third-order valence-electron chi connectivity index (χ3n) is 10.3. The van der Waals surface area contributed by atoms with Crippen LogP contribution in [0, 0.1) is 0 Å². The van der Waals surface area contributed by atoms with Crippen molar-refractivity contribution in [2.45, 2.75) is 245 Å². The first-order chi connectivity index (χ1) is 28.0. The molecule has 0 radical (unpaired) electrons. The van der Waals surface area contributed by atoms with Crippen LogP contribution >= 0.6 is 0 Å². The molecule has 0 saturated heterocycles. The van der Waals surface area contributed by atoms with Gasteiger partial charge in [0.15, 0.2) is 6.10 Å². The van der Waals surface area contributed by atoms with Crippen molar-refractivity contribution in [3.05, 3.63) is 48.6 Å². The van der Waals surface area contributed by atoms with Gasteiger partial charge < -0.3 is 14.2 Å². The lowest BCUT2D eigenvalue weighted by Crippen LogP contribution is -2.30. The van der Waals surface area contributed by atoms with Gasteiger partial charge in [-0.05, 0) is 77.0 Å². The van der Waals surface area contributed by atoms with Crippen molar-refractivity contribution >= 4 is 17.9 Å². The largest absolute Gasteiger partial charge is 0.462 e. The molecule has 57 heavy (non-hydrogen) atoms. The smallest absolute Gasteiger partial charge is 0.306 e. The average molecular weight is 799 g/mol. The summed E-state index contributed by atoms with van der Waals surface area (Å²) >= 11 is 0. The normalized spacial score (nSPS) is 12.4. The van der Waals surface area contributed by atoms with E-state index in [0.29, 0.717) is 19.3 Å². The number of esters is 3. The predicted molar refractivity (Wildman–Crippen MR) is 242 cm³/mol. The monoisotopic (exact) mass is 799 g/mol. The first-order valence-corrected chi connectivity index (χ1v) is 24.1. The van der Waals surface area contributed by atoms with E-state index in [4.69, 9.17) is 14.2 Å². The Morgan fingerprint density at radius 2 is 0.684 bits per heavy atom. The summed E-state index contributed by atoms with van der Waals surface area (Å²) in [7, 11) is 0. The maximum absolute atomic E-state index is 12.7. The SMILES string of the molecule is CC/C=C\C/C=C\C/C=C\CCCCCCC(=O)OCC(COC(=O)CCCCCCCCCCCCCC)OC(=O)CCCCC/C=C\CCCCCCCC. The molecule has 0 bridgehead atoms. The van der Waals surface area contributed by atoms with E-state index in [0.717, 1.165) is 103 Å². The zero-order valence-electron chi connectivity index (χ0n) is 37.6. The number of carbonyl (C=O) groups excluding carboxylic acids is 3. The Bertz CT molecular complexity index is 1010. The molecular formula is C51H90O6. The molecule has 0 aliphatic rings. The second kappa shape index (κ2) is 46.1. The van der Waals surface area contributed by atoms with Gasteiger partial charge in [0.25, 0.3) is 0 Å². The quantitative estimate of drug-likeness (QED) is 0.0265. The van der Waals surface area contributed by atoms with Gasteiger partial charge in [0, 0.05) is 19.3 Å². The Balaban J connectivity index is 4.42. The van der Waals surface area contributed by atoms with Crippen LogP contribution in [0.5, 0.6) is 0 Å². The summed E-state index contributed by atoms with van der Waals surface area (Å²) in [6.45, 7) is 6.48. The Labute approximate surface area is 352 Å². The van der Waals surface area contributed by atoms with Crippen LogP contribution in [-0.2, 0) is 28.6 Å². The highest BCUT2D eigenvalue weighted by molar-refractivity contribution is 5.71. The van der Waals surface area contributed by atoms with Gasteiger partial charge in [-0.25, -0.2) is 0 Å². The molecule has 0 N–H and O–H groups in total. The molecule has 0 saturated carbocycles. The fourth-order valence-corrected chi connectivity index (χ4v) is 6.69. The van der Waals surface area contributed by atoms with Gasteiger partial charge >= 0.3 is 17.9 Å². The molecule has 0 aliphatic carbocycles. The Kier molecular flexibility index (Phi) is 43.9. The molecule has 1 atom stereocenters. The van der Waals surface area contributed by atoms with E-state index < -0.39 is 6.10 Å². The highest BCUT2D eigenvalue weighted by Crippen LogP contribution is 2.14. The van der Waals surface area contributed by atoms with Crippen molar-refractivity contribution in [1.29, 1.82) is 0 Å². The number of unbranched alkanes of at least 4 members (excludes halogenated alkanes) is 24. The standard InChI is InChI=1S/C51H90O6/c1-4-7-10-13-16-19-22-25-27-29-32-35-38-41-44-50(53)56-47-48(46-55-49(52)43-40-37-34-31-28-24-21-18-15-12-9-6-3)57-51(54)45-42-39-36-33-30-26-23-20-17-14-11-8-5-2/h7,10,16,19,25-27,30,48H,4-6,8-9,11-15,17-18,20-24,28-29,31-47H2,1-3H3/b10-7-,19-16-,27-25-,30-26-. The molecule has 6 nitrogen and oxygen atoms in total. The Morgan fingerprint density at radius 1 is 0.368 bits per heavy atom. The molecule has 1 unspecified atom stereocenters. The number of ether oxygens (including phenoxy) is 3. The second-order valence-electron chi connectivity index (χ2n) is 16.0. The van der Waals surface area contributed by atoms with Crippen LogP contribution < -0.4 is 0 Å². The summed E-state index contributed by atoms with van der Waals surface area (Å²) in [5, 5.41) is 0. The van der Waals surface area contributed by atoms with E-state index >= 15 is 0 Å². The van der Waals surface area contributed by atoms with Crippen molar-refractivity contribution < 1.29 is 28.6 Å². The lowest BCUT2D eigenvalue weighted by molar-refractivity contribution is -0.167. The molecular weight excluding hydrogens is 709 g/mol. The molecule has 0 aromatic rings. The van der Waals surface area contributed by atoms with Gasteiger partial charge in [0.1, 0.15) is 13.2 Å². The fourth-order valence-electron chi connectivity index (χ4n) is 6.69. The number of carbonyl (C=O) groups is 3. The minimum atomic E-state index is -0.785. The zero-order chi connectivity index (χ0) is 41.5. The Morgan fingerprint density at radius 3 is 1.11 bits per heavy atom. The van der Waals surface area contributed by atoms with E-state index in [1.165, 1.54) is 96.3 Å². The van der Waals surface area contributed by atoms with Gasteiger partial charge in [0.05, 0.1) is 0 Å². The summed E-state index contributed by atoms with van der Waals surface area (Å²) in [6, 6.07) is 0. The molecule has 0 spiro atoms. The molecule has 0 aliphatic heterocycles. The summed E-state index contributed by atoms with van der Waals surface area (Å²) in [6.07, 6.45) is 53.8. The van der Waals surface area contributed by atoms with Gasteiger partial charge in [0.2, 0.25) is 0 Å². The van der Waals surface area contributed by atoms with Crippen molar-refractivity contribution in [2.24, 2.45) is 0 Å². The van der Waals surface area contributed by atoms with Crippen LogP contribution in [0.15, 0.2) is 48.6 Å². The van der Waals surface area contributed by atoms with E-state index in [-0.39, 0.29) is 31.1 Å². The Hall–Kier alpha value is -2.63. The lowest BCUT2D eigenvalue weighted by atomic mass is 10.0. The lowest BCUT2D eigenvalue weighted by Gasteiger charge is -2.18. The third-order valence-corrected chi connectivity index (χ3v) is 10.3. The highest BCUT2D eigenvalue weighted by atomic mass is 16.6. The van der Waals surface area contributed by atoms with Crippen molar-refractivity contribution in [2.75, 3.05) is 13.2 Å². The molecule has 6 heteroatoms. The van der Waals surface area contributed by atoms with Crippen LogP contribution in [0.3, 0.4) is 0 Å². The summed E-state index contributed by atoms with van der Waals surface area (Å²) in [5.41, 5.74) is 0. The fraction of sp³-hybridized carbons (Fsp3) is 0.784. The summed E-state index contributed by atoms with van der Waals surface area (Å²) in [4.78, 5) is 37.8. The molecule has 0 aromatic carbocycles. The maximum atomic E-state index is 12.7. The van der Waals surface area contributed by atoms with Crippen LogP contribution in [0.1, 0.15) is 239 Å². The molecule has 0 aromatic heterocycles. The molecule has 0 rings (SSSR count). The van der Waals surface area contributed by atoms with Gasteiger partial charge in [-0.15, -0.1) is 0 Å². The summed E-state index contributed by atoms with van der Waals surface area (Å²) < 4.78 is 16.7. The van der Waals surface area contributed by atoms with E-state index in [9.17, 15) is 14.4 Å². The number of hydrogen-bond acceptors (Lipinski definition) is 6. The van der Waals surface area contributed by atoms with Crippen LogP contribution in [-0.4, -0.2) is 37.2 Å². The molecule has 330 valence electrons. The number of rotatable bonds is 43. The first-order valence-electron chi connectivity index (χ1n) is 24.1. The number of hydrogen-bond donors (Lipinski definition) is 0. The second-order valence-corrected chi connectivity index (χ2v) is 16.0. The van der Waals surface area contributed by atoms with Crippen molar-refractivity contribution in [3.63, 3.8) is 0 Å². The topological polar surface area (TPSA) is 78.9 Å². The van der Waals surface area contributed by atoms with Gasteiger partial charge in [-0.1, -0.05) is 191 Å². The van der Waals surface area contributed by atoms with Crippen LogP contribution in [0.4, 0.5) is 0 Å². The van der Waals surface area contributed by atoms with Crippen molar-refractivity contribution in [1.82, 2.24) is 0 Å². The van der Waals surface area contributed by atoms with Crippen LogP contribution in [0.2, 0.25) is 0 Å². The zero-order valence-corrected chi connectivity index (χ0v) is 37.6. The van der Waals surface area contributed by atoms with Crippen molar-refractivity contribution in [3.8, 4) is 0 Å². The number of allylic oxidation sites excluding steroid dienone is 8. The third kappa shape index (κ3) is 44.3. The minimum Gasteiger partial charge on any atom is -0.462 e. The highest BCUT2D eigenvalue weighted by Gasteiger charge is 2.19. The predicted octanol–water partition coefficient (Wildman–Crippen LogP) is 15.5. The molecule has 0 heterocycles. The van der Waals surface area contributed by atoms with Crippen LogP contribution in [0.25, 0.3) is 0 Å². The minimum absolute atomic E-state index is 0.0846.